The summed E-state index contributed by atoms with van der Waals surface area (Å²) in [6, 6.07) is 10.7. The largest absolute Gasteiger partial charge is 0.321 e. The number of benzene rings is 2. The number of hydrogen-bond acceptors (Lipinski definition) is 2. The first kappa shape index (κ1) is 16.4. The Kier molecular flexibility index (Phi) is 5.46. The van der Waals surface area contributed by atoms with E-state index in [9.17, 15) is 13.4 Å². The topological polar surface area (TPSA) is 46.2 Å². The van der Waals surface area contributed by atoms with E-state index in [1.54, 1.807) is 36.4 Å². The van der Waals surface area contributed by atoms with Crippen molar-refractivity contribution in [1.29, 1.82) is 0 Å². The molecule has 2 rings (SSSR count). The summed E-state index contributed by atoms with van der Waals surface area (Å²) < 4.78 is 24.5. The second-order valence-corrected chi connectivity index (χ2v) is 6.17. The Morgan fingerprint density at radius 2 is 1.91 bits per heavy atom. The molecule has 2 aromatic rings. The summed E-state index contributed by atoms with van der Waals surface area (Å²) in [4.78, 5) is 12.3. The van der Waals surface area contributed by atoms with E-state index in [0.717, 1.165) is 0 Å². The first-order valence-corrected chi connectivity index (χ1v) is 8.27. The highest BCUT2D eigenvalue weighted by Crippen LogP contribution is 2.27. The molecule has 0 aliphatic rings. The summed E-state index contributed by atoms with van der Waals surface area (Å²) in [5.41, 5.74) is 1.10. The quantitative estimate of drug-likeness (QED) is 0.861. The smallest absolute Gasteiger partial charge is 0.248 e. The SMILES string of the molecule is C[S@@](=O)c1c(Cl)cccc1NC(=O)/C=C\c1ccc(F)cc1. The number of rotatable bonds is 4. The average Bonchev–Trinajstić information content (AvgIpc) is 2.46. The van der Waals surface area contributed by atoms with Gasteiger partial charge in [-0.2, -0.15) is 0 Å². The number of carbonyl (C=O) groups excluding carboxylic acids is 1. The van der Waals surface area contributed by atoms with Crippen LogP contribution in [0.2, 0.25) is 5.02 Å². The van der Waals surface area contributed by atoms with Crippen LogP contribution < -0.4 is 5.32 Å². The van der Waals surface area contributed by atoms with Crippen LogP contribution in [0.15, 0.2) is 53.4 Å². The fourth-order valence-corrected chi connectivity index (χ4v) is 3.09. The zero-order valence-electron chi connectivity index (χ0n) is 11.7. The molecule has 0 aliphatic carbocycles. The van der Waals surface area contributed by atoms with E-state index < -0.39 is 16.7 Å². The molecule has 0 saturated heterocycles. The number of carbonyl (C=O) groups is 1. The number of halogens is 2. The van der Waals surface area contributed by atoms with Gasteiger partial charge < -0.3 is 5.32 Å². The van der Waals surface area contributed by atoms with E-state index in [1.165, 1.54) is 24.5 Å². The zero-order chi connectivity index (χ0) is 16.1. The van der Waals surface area contributed by atoms with Crippen molar-refractivity contribution in [3.05, 3.63) is 64.9 Å². The Morgan fingerprint density at radius 3 is 2.55 bits per heavy atom. The molecule has 22 heavy (non-hydrogen) atoms. The normalized spacial score (nSPS) is 12.3. The highest BCUT2D eigenvalue weighted by molar-refractivity contribution is 7.84. The first-order valence-electron chi connectivity index (χ1n) is 6.34. The molecule has 3 nitrogen and oxygen atoms in total. The Balaban J connectivity index is 2.14. The maximum Gasteiger partial charge on any atom is 0.248 e. The number of nitrogens with one attached hydrogen (secondary N) is 1. The zero-order valence-corrected chi connectivity index (χ0v) is 13.2. The highest BCUT2D eigenvalue weighted by Gasteiger charge is 2.11. The molecule has 0 aliphatic heterocycles. The summed E-state index contributed by atoms with van der Waals surface area (Å²) in [5, 5.41) is 2.97. The van der Waals surface area contributed by atoms with Gasteiger partial charge in [0.2, 0.25) is 5.91 Å². The fourth-order valence-electron chi connectivity index (χ4n) is 1.82. The minimum Gasteiger partial charge on any atom is -0.321 e. The monoisotopic (exact) mass is 337 g/mol. The lowest BCUT2D eigenvalue weighted by atomic mass is 10.2. The summed E-state index contributed by atoms with van der Waals surface area (Å²) >= 11 is 6.00. The molecule has 0 fully saturated rings. The summed E-state index contributed by atoms with van der Waals surface area (Å²) in [5.74, 6) is -0.728. The molecule has 0 bridgehead atoms. The molecule has 114 valence electrons. The van der Waals surface area contributed by atoms with Gasteiger partial charge >= 0.3 is 0 Å². The third-order valence-corrected chi connectivity index (χ3v) is 4.25. The summed E-state index contributed by atoms with van der Waals surface area (Å²) in [7, 11) is -1.32. The van der Waals surface area contributed by atoms with E-state index in [0.29, 0.717) is 21.2 Å². The van der Waals surface area contributed by atoms with Crippen molar-refractivity contribution in [2.75, 3.05) is 11.6 Å². The lowest BCUT2D eigenvalue weighted by molar-refractivity contribution is -0.111. The maximum atomic E-state index is 12.8. The molecular formula is C16H13ClFNO2S. The van der Waals surface area contributed by atoms with Crippen LogP contribution in [-0.2, 0) is 15.6 Å². The minimum atomic E-state index is -1.32. The van der Waals surface area contributed by atoms with Gasteiger partial charge in [0, 0.05) is 12.3 Å². The molecule has 0 radical (unpaired) electrons. The lowest BCUT2D eigenvalue weighted by Crippen LogP contribution is -2.10. The van der Waals surface area contributed by atoms with Crippen molar-refractivity contribution < 1.29 is 13.4 Å². The molecule has 0 aromatic heterocycles. The average molecular weight is 338 g/mol. The molecule has 0 heterocycles. The molecule has 0 spiro atoms. The number of anilines is 1. The van der Waals surface area contributed by atoms with Crippen molar-refractivity contribution in [3.63, 3.8) is 0 Å². The van der Waals surface area contributed by atoms with Crippen LogP contribution in [-0.4, -0.2) is 16.4 Å². The van der Waals surface area contributed by atoms with E-state index >= 15 is 0 Å². The molecule has 2 aromatic carbocycles. The van der Waals surface area contributed by atoms with Crippen LogP contribution in [0, 0.1) is 5.82 Å². The van der Waals surface area contributed by atoms with Gasteiger partial charge in [-0.3, -0.25) is 9.00 Å². The van der Waals surface area contributed by atoms with E-state index in [1.807, 2.05) is 0 Å². The second-order valence-electron chi connectivity index (χ2n) is 4.44. The van der Waals surface area contributed by atoms with Crippen LogP contribution in [0.5, 0.6) is 0 Å². The van der Waals surface area contributed by atoms with Crippen molar-refractivity contribution >= 4 is 40.1 Å². The maximum absolute atomic E-state index is 12.8. The Hall–Kier alpha value is -1.98. The third-order valence-electron chi connectivity index (χ3n) is 2.81. The van der Waals surface area contributed by atoms with Gasteiger partial charge in [0.05, 0.1) is 26.4 Å². The van der Waals surface area contributed by atoms with Gasteiger partial charge in [0.15, 0.2) is 0 Å². The fraction of sp³-hybridized carbons (Fsp3) is 0.0625. The van der Waals surface area contributed by atoms with Gasteiger partial charge in [0.25, 0.3) is 0 Å². The Labute approximate surface area is 135 Å². The van der Waals surface area contributed by atoms with E-state index in [-0.39, 0.29) is 5.82 Å². The van der Waals surface area contributed by atoms with Crippen molar-refractivity contribution in [2.24, 2.45) is 0 Å². The van der Waals surface area contributed by atoms with Crippen LogP contribution >= 0.6 is 11.6 Å². The molecule has 1 amide bonds. The molecule has 1 N–H and O–H groups in total. The summed E-state index contributed by atoms with van der Waals surface area (Å²) in [6.45, 7) is 0. The van der Waals surface area contributed by atoms with Crippen LogP contribution in [0.25, 0.3) is 6.08 Å². The van der Waals surface area contributed by atoms with E-state index in [4.69, 9.17) is 11.6 Å². The predicted molar refractivity (Wildman–Crippen MR) is 87.8 cm³/mol. The van der Waals surface area contributed by atoms with Crippen LogP contribution in [0.4, 0.5) is 10.1 Å². The molecule has 0 unspecified atom stereocenters. The molecule has 1 atom stereocenters. The van der Waals surface area contributed by atoms with Gasteiger partial charge in [0.1, 0.15) is 5.82 Å². The van der Waals surface area contributed by atoms with Crippen LogP contribution in [0.3, 0.4) is 0 Å². The Bertz CT molecular complexity index is 744. The van der Waals surface area contributed by atoms with E-state index in [2.05, 4.69) is 5.32 Å². The summed E-state index contributed by atoms with van der Waals surface area (Å²) in [6.07, 6.45) is 4.36. The third kappa shape index (κ3) is 4.26. The molecular weight excluding hydrogens is 325 g/mol. The number of hydrogen-bond donors (Lipinski definition) is 1. The van der Waals surface area contributed by atoms with Gasteiger partial charge in [-0.05, 0) is 35.9 Å². The first-order chi connectivity index (χ1) is 10.5. The highest BCUT2D eigenvalue weighted by atomic mass is 35.5. The van der Waals surface area contributed by atoms with Crippen LogP contribution in [0.1, 0.15) is 5.56 Å². The van der Waals surface area contributed by atoms with Crippen molar-refractivity contribution in [3.8, 4) is 0 Å². The van der Waals surface area contributed by atoms with Crippen molar-refractivity contribution in [2.45, 2.75) is 4.90 Å². The standard InChI is InChI=1S/C16H13ClFNO2S/c1-22(21)16-13(17)3-2-4-14(16)19-15(20)10-7-11-5-8-12(18)9-6-11/h2-10H,1H3,(H,19,20)/b10-7-/t22-/m1/s1. The minimum absolute atomic E-state index is 0.334. The van der Waals surface area contributed by atoms with Gasteiger partial charge in [-0.1, -0.05) is 29.8 Å². The predicted octanol–water partition coefficient (Wildman–Crippen LogP) is 3.87. The van der Waals surface area contributed by atoms with Gasteiger partial charge in [-0.15, -0.1) is 0 Å². The molecule has 6 heteroatoms. The van der Waals surface area contributed by atoms with Gasteiger partial charge in [-0.25, -0.2) is 4.39 Å². The Morgan fingerprint density at radius 1 is 1.23 bits per heavy atom. The van der Waals surface area contributed by atoms with Crippen molar-refractivity contribution in [1.82, 2.24) is 0 Å². The number of amides is 1. The molecule has 0 saturated carbocycles. The second kappa shape index (κ2) is 7.33. The lowest BCUT2D eigenvalue weighted by Gasteiger charge is -2.09.